The van der Waals surface area contributed by atoms with Gasteiger partial charge in [0, 0.05) is 19.4 Å². The van der Waals surface area contributed by atoms with Gasteiger partial charge in [0.15, 0.2) is 11.3 Å². The molecule has 0 aromatic carbocycles. The molecule has 0 aliphatic carbocycles. The van der Waals surface area contributed by atoms with E-state index in [1.807, 2.05) is 12.1 Å². The standard InChI is InChI=1S/C12H9N7/c1-14-12-15-6-9(10-3-2-4-16-18-10)11-17-8(5-13)7-19(11)12/h2-4,6-7H,1H3,(H,14,15). The molecule has 0 radical (unpaired) electrons. The number of hydrogen-bond donors (Lipinski definition) is 1. The minimum absolute atomic E-state index is 0.328. The van der Waals surface area contributed by atoms with Crippen LogP contribution in [0.1, 0.15) is 5.69 Å². The zero-order chi connectivity index (χ0) is 13.2. The molecular formula is C12H9N7. The van der Waals surface area contributed by atoms with Crippen LogP contribution >= 0.6 is 0 Å². The van der Waals surface area contributed by atoms with Crippen LogP contribution in [0.25, 0.3) is 16.9 Å². The lowest BCUT2D eigenvalue weighted by atomic mass is 10.2. The first-order valence-corrected chi connectivity index (χ1v) is 5.57. The maximum atomic E-state index is 8.97. The third-order valence-electron chi connectivity index (χ3n) is 2.68. The quantitative estimate of drug-likeness (QED) is 0.733. The van der Waals surface area contributed by atoms with Gasteiger partial charge in [0.05, 0.1) is 17.5 Å². The number of fused-ring (bicyclic) bond motifs is 1. The van der Waals surface area contributed by atoms with Crippen LogP contribution in [0, 0.1) is 11.3 Å². The number of anilines is 1. The molecule has 0 spiro atoms. The number of aromatic nitrogens is 5. The first kappa shape index (κ1) is 11.1. The van der Waals surface area contributed by atoms with Crippen LogP contribution in [-0.2, 0) is 0 Å². The molecule has 0 atom stereocenters. The lowest BCUT2D eigenvalue weighted by Gasteiger charge is -2.06. The van der Waals surface area contributed by atoms with Crippen molar-refractivity contribution in [1.82, 2.24) is 24.6 Å². The second kappa shape index (κ2) is 4.34. The second-order valence-corrected chi connectivity index (χ2v) is 3.79. The van der Waals surface area contributed by atoms with E-state index in [0.717, 1.165) is 5.56 Å². The zero-order valence-electron chi connectivity index (χ0n) is 10.1. The summed E-state index contributed by atoms with van der Waals surface area (Å²) >= 11 is 0. The van der Waals surface area contributed by atoms with E-state index in [4.69, 9.17) is 5.26 Å². The van der Waals surface area contributed by atoms with Crippen molar-refractivity contribution in [2.24, 2.45) is 0 Å². The van der Waals surface area contributed by atoms with Crippen LogP contribution in [0.4, 0.5) is 5.95 Å². The highest BCUT2D eigenvalue weighted by molar-refractivity contribution is 5.75. The SMILES string of the molecule is CNc1ncc(-c2cccnn2)c2nc(C#N)cn12. The van der Waals surface area contributed by atoms with Crippen molar-refractivity contribution in [2.75, 3.05) is 12.4 Å². The fourth-order valence-corrected chi connectivity index (χ4v) is 1.84. The molecule has 3 aromatic rings. The first-order valence-electron chi connectivity index (χ1n) is 5.57. The topological polar surface area (TPSA) is 91.8 Å². The van der Waals surface area contributed by atoms with Gasteiger partial charge in [-0.15, -0.1) is 0 Å². The maximum absolute atomic E-state index is 8.97. The molecule has 92 valence electrons. The Balaban J connectivity index is 2.33. The second-order valence-electron chi connectivity index (χ2n) is 3.79. The molecule has 19 heavy (non-hydrogen) atoms. The van der Waals surface area contributed by atoms with Gasteiger partial charge < -0.3 is 5.32 Å². The number of nitrogens with one attached hydrogen (secondary N) is 1. The average molecular weight is 251 g/mol. The molecule has 3 rings (SSSR count). The van der Waals surface area contributed by atoms with Gasteiger partial charge in [0.2, 0.25) is 5.95 Å². The van der Waals surface area contributed by atoms with Crippen molar-refractivity contribution in [3.63, 3.8) is 0 Å². The monoisotopic (exact) mass is 251 g/mol. The van der Waals surface area contributed by atoms with E-state index in [-0.39, 0.29) is 0 Å². The minimum Gasteiger partial charge on any atom is -0.358 e. The Morgan fingerprint density at radius 1 is 1.42 bits per heavy atom. The van der Waals surface area contributed by atoms with Crippen LogP contribution in [0.3, 0.4) is 0 Å². The molecular weight excluding hydrogens is 242 g/mol. The number of rotatable bonds is 2. The number of nitriles is 1. The summed E-state index contributed by atoms with van der Waals surface area (Å²) in [5.41, 5.74) is 2.34. The van der Waals surface area contributed by atoms with Crippen molar-refractivity contribution in [2.45, 2.75) is 0 Å². The van der Waals surface area contributed by atoms with Gasteiger partial charge in [-0.25, -0.2) is 9.97 Å². The number of imidazole rings is 1. The van der Waals surface area contributed by atoms with E-state index < -0.39 is 0 Å². The van der Waals surface area contributed by atoms with Crippen molar-refractivity contribution >= 4 is 11.6 Å². The van der Waals surface area contributed by atoms with E-state index in [9.17, 15) is 0 Å². The molecule has 3 aromatic heterocycles. The number of hydrogen-bond acceptors (Lipinski definition) is 6. The van der Waals surface area contributed by atoms with Crippen molar-refractivity contribution < 1.29 is 0 Å². The summed E-state index contributed by atoms with van der Waals surface area (Å²) in [4.78, 5) is 8.55. The van der Waals surface area contributed by atoms with Crippen molar-refractivity contribution in [3.05, 3.63) is 36.4 Å². The van der Waals surface area contributed by atoms with Crippen LogP contribution < -0.4 is 5.32 Å². The van der Waals surface area contributed by atoms with Gasteiger partial charge in [-0.2, -0.15) is 15.5 Å². The summed E-state index contributed by atoms with van der Waals surface area (Å²) in [6, 6.07) is 5.64. The Morgan fingerprint density at radius 3 is 3.00 bits per heavy atom. The summed E-state index contributed by atoms with van der Waals surface area (Å²) in [7, 11) is 1.76. The molecule has 0 aliphatic rings. The smallest absolute Gasteiger partial charge is 0.208 e. The summed E-state index contributed by atoms with van der Waals surface area (Å²) in [5.74, 6) is 0.608. The first-order chi connectivity index (χ1) is 9.33. The molecule has 0 unspecified atom stereocenters. The van der Waals surface area contributed by atoms with Crippen molar-refractivity contribution in [1.29, 1.82) is 5.26 Å². The Labute approximate surface area is 108 Å². The molecule has 3 heterocycles. The van der Waals surface area contributed by atoms with Gasteiger partial charge in [0.25, 0.3) is 0 Å². The average Bonchev–Trinajstić information content (AvgIpc) is 2.91. The van der Waals surface area contributed by atoms with E-state index >= 15 is 0 Å². The van der Waals surface area contributed by atoms with Gasteiger partial charge in [-0.3, -0.25) is 4.40 Å². The van der Waals surface area contributed by atoms with Crippen LogP contribution in [0.2, 0.25) is 0 Å². The Morgan fingerprint density at radius 2 is 2.32 bits per heavy atom. The highest BCUT2D eigenvalue weighted by atomic mass is 15.2. The highest BCUT2D eigenvalue weighted by Crippen LogP contribution is 2.23. The molecule has 0 fully saturated rings. The van der Waals surface area contributed by atoms with Gasteiger partial charge in [0.1, 0.15) is 6.07 Å². The predicted molar refractivity (Wildman–Crippen MR) is 68.3 cm³/mol. The summed E-state index contributed by atoms with van der Waals surface area (Å²) in [5, 5.41) is 19.8. The lowest BCUT2D eigenvalue weighted by molar-refractivity contribution is 1.03. The van der Waals surface area contributed by atoms with E-state index in [0.29, 0.717) is 23.0 Å². The third kappa shape index (κ3) is 1.75. The molecule has 0 amide bonds. The van der Waals surface area contributed by atoms with Crippen LogP contribution in [-0.4, -0.2) is 31.6 Å². The van der Waals surface area contributed by atoms with E-state index in [1.165, 1.54) is 0 Å². The van der Waals surface area contributed by atoms with Gasteiger partial charge >= 0.3 is 0 Å². The Kier molecular flexibility index (Phi) is 2.54. The third-order valence-corrected chi connectivity index (χ3v) is 2.68. The number of nitrogens with zero attached hydrogens (tertiary/aromatic N) is 6. The summed E-state index contributed by atoms with van der Waals surface area (Å²) < 4.78 is 1.72. The summed E-state index contributed by atoms with van der Waals surface area (Å²) in [6.45, 7) is 0. The van der Waals surface area contributed by atoms with E-state index in [1.54, 1.807) is 36.1 Å². The van der Waals surface area contributed by atoms with Gasteiger partial charge in [-0.05, 0) is 12.1 Å². The largest absolute Gasteiger partial charge is 0.358 e. The maximum Gasteiger partial charge on any atom is 0.208 e. The highest BCUT2D eigenvalue weighted by Gasteiger charge is 2.13. The van der Waals surface area contributed by atoms with E-state index in [2.05, 4.69) is 25.5 Å². The zero-order valence-corrected chi connectivity index (χ0v) is 10.1. The van der Waals surface area contributed by atoms with Crippen molar-refractivity contribution in [3.8, 4) is 17.3 Å². The van der Waals surface area contributed by atoms with Gasteiger partial charge in [-0.1, -0.05) is 0 Å². The molecule has 0 saturated heterocycles. The molecule has 0 aliphatic heterocycles. The Bertz CT molecular complexity index is 770. The molecule has 1 N–H and O–H groups in total. The van der Waals surface area contributed by atoms with Crippen LogP contribution in [0.15, 0.2) is 30.7 Å². The van der Waals surface area contributed by atoms with Crippen LogP contribution in [0.5, 0.6) is 0 Å². The minimum atomic E-state index is 0.328. The fourth-order valence-electron chi connectivity index (χ4n) is 1.84. The predicted octanol–water partition coefficient (Wildman–Crippen LogP) is 1.10. The molecule has 7 nitrogen and oxygen atoms in total. The lowest BCUT2D eigenvalue weighted by Crippen LogP contribution is -2.02. The molecule has 0 saturated carbocycles. The molecule has 0 bridgehead atoms. The molecule has 7 heteroatoms. The summed E-state index contributed by atoms with van der Waals surface area (Å²) in [6.07, 6.45) is 4.90. The fraction of sp³-hybridized carbons (Fsp3) is 0.0833. The normalized spacial score (nSPS) is 10.3. The Hall–Kier alpha value is -3.01.